The third-order valence-corrected chi connectivity index (χ3v) is 4.47. The zero-order chi connectivity index (χ0) is 13.7. The van der Waals surface area contributed by atoms with E-state index < -0.39 is 10.1 Å². The maximum Gasteiger partial charge on any atom is 1.00 e. The molecule has 0 spiro atoms. The van der Waals surface area contributed by atoms with Crippen molar-refractivity contribution in [3.8, 4) is 11.5 Å². The van der Waals surface area contributed by atoms with Crippen molar-refractivity contribution in [2.45, 2.75) is 38.2 Å². The Hall–Kier alpha value is 0.846. The third-order valence-electron chi connectivity index (χ3n) is 2.98. The molecule has 0 fully saturated rings. The Morgan fingerprint density at radius 1 is 1.20 bits per heavy atom. The van der Waals surface area contributed by atoms with Crippen LogP contribution in [-0.2, 0) is 10.1 Å². The molecule has 0 radical (unpaired) electrons. The summed E-state index contributed by atoms with van der Waals surface area (Å²) < 4.78 is 42.6. The fraction of sp³-hybridized carbons (Fsp3) is 0.667. The summed E-state index contributed by atoms with van der Waals surface area (Å²) in [7, 11) is -4.05. The van der Waals surface area contributed by atoms with Gasteiger partial charge in [-0.3, -0.25) is 0 Å². The van der Waals surface area contributed by atoms with E-state index in [2.05, 4.69) is 0 Å². The topological polar surface area (TPSA) is 75.7 Å². The average molecular weight is 344 g/mol. The van der Waals surface area contributed by atoms with Crippen molar-refractivity contribution >= 4 is 21.5 Å². The first-order valence-corrected chi connectivity index (χ1v) is 8.86. The molecule has 0 saturated carbocycles. The zero-order valence-electron chi connectivity index (χ0n) is 11.5. The van der Waals surface area contributed by atoms with Crippen molar-refractivity contribution in [1.82, 2.24) is 0 Å². The fourth-order valence-corrected chi connectivity index (χ4v) is 3.24. The summed E-state index contributed by atoms with van der Waals surface area (Å²) >= 11 is 1.56. The standard InChI is InChI=1S/C12H18O5S2.K/c13-19(14,15)6-4-2-1-3-5-10-7-16-11-8-18-9-12(11)17-10;/h8-10H,1-7H2,(H,13,14,15);/q;+1/p-1. The Morgan fingerprint density at radius 2 is 1.90 bits per heavy atom. The average Bonchev–Trinajstić information content (AvgIpc) is 2.79. The van der Waals surface area contributed by atoms with Gasteiger partial charge in [-0.15, -0.1) is 11.3 Å². The van der Waals surface area contributed by atoms with Crippen LogP contribution >= 0.6 is 11.3 Å². The van der Waals surface area contributed by atoms with Gasteiger partial charge in [0.15, 0.2) is 11.5 Å². The molecule has 20 heavy (non-hydrogen) atoms. The molecule has 108 valence electrons. The van der Waals surface area contributed by atoms with Gasteiger partial charge in [0, 0.05) is 16.5 Å². The molecular weight excluding hydrogens is 327 g/mol. The minimum absolute atomic E-state index is 0. The number of fused-ring (bicyclic) bond motifs is 1. The van der Waals surface area contributed by atoms with Crippen LogP contribution in [0.15, 0.2) is 10.8 Å². The van der Waals surface area contributed by atoms with E-state index in [0.717, 1.165) is 37.2 Å². The Balaban J connectivity index is 0.00000200. The van der Waals surface area contributed by atoms with E-state index in [0.29, 0.717) is 13.0 Å². The smallest absolute Gasteiger partial charge is 0.748 e. The summed E-state index contributed by atoms with van der Waals surface area (Å²) in [6.07, 6.45) is 4.03. The number of ether oxygens (including phenoxy) is 2. The summed E-state index contributed by atoms with van der Waals surface area (Å²) in [6.45, 7) is 0.568. The van der Waals surface area contributed by atoms with E-state index >= 15 is 0 Å². The van der Waals surface area contributed by atoms with Gasteiger partial charge in [0.25, 0.3) is 0 Å². The van der Waals surface area contributed by atoms with Gasteiger partial charge in [0.1, 0.15) is 12.7 Å². The molecule has 2 heterocycles. The minimum Gasteiger partial charge on any atom is -0.748 e. The van der Waals surface area contributed by atoms with Crippen molar-refractivity contribution in [3.63, 3.8) is 0 Å². The van der Waals surface area contributed by atoms with Gasteiger partial charge in [-0.05, 0) is 19.3 Å². The van der Waals surface area contributed by atoms with Gasteiger partial charge >= 0.3 is 51.4 Å². The summed E-state index contributed by atoms with van der Waals surface area (Å²) in [6, 6.07) is 0. The third kappa shape index (κ3) is 6.74. The Bertz CT molecular complexity index is 500. The normalized spacial score (nSPS) is 17.6. The molecule has 1 unspecified atom stereocenters. The maximum absolute atomic E-state index is 10.4. The number of hydrogen-bond donors (Lipinski definition) is 0. The predicted octanol–water partition coefficient (Wildman–Crippen LogP) is -0.612. The first kappa shape index (κ1) is 18.9. The molecule has 0 aliphatic carbocycles. The summed E-state index contributed by atoms with van der Waals surface area (Å²) in [5.41, 5.74) is 0. The molecule has 8 heteroatoms. The van der Waals surface area contributed by atoms with Crippen LogP contribution < -0.4 is 60.9 Å². The SMILES string of the molecule is O=S(=O)([O-])CCCCCCC1COc2cscc2O1.[K+]. The number of thiophene rings is 1. The van der Waals surface area contributed by atoms with Gasteiger partial charge in [-0.25, -0.2) is 8.42 Å². The van der Waals surface area contributed by atoms with E-state index in [4.69, 9.17) is 9.47 Å². The molecule has 1 aliphatic rings. The van der Waals surface area contributed by atoms with E-state index in [1.54, 1.807) is 11.3 Å². The Labute approximate surface area is 166 Å². The molecule has 0 N–H and O–H groups in total. The number of unbranched alkanes of at least 4 members (excludes halogenated alkanes) is 3. The Morgan fingerprint density at radius 3 is 2.65 bits per heavy atom. The number of hydrogen-bond acceptors (Lipinski definition) is 6. The van der Waals surface area contributed by atoms with Crippen LogP contribution in [0.1, 0.15) is 32.1 Å². The van der Waals surface area contributed by atoms with Gasteiger partial charge in [0.05, 0.1) is 10.1 Å². The van der Waals surface area contributed by atoms with Gasteiger partial charge < -0.3 is 14.0 Å². The first-order valence-electron chi connectivity index (χ1n) is 6.34. The fourth-order valence-electron chi connectivity index (χ4n) is 2.01. The van der Waals surface area contributed by atoms with Crippen LogP contribution in [0.5, 0.6) is 11.5 Å². The van der Waals surface area contributed by atoms with Crippen LogP contribution in [0.2, 0.25) is 0 Å². The first-order chi connectivity index (χ1) is 9.04. The van der Waals surface area contributed by atoms with E-state index in [1.807, 2.05) is 10.8 Å². The van der Waals surface area contributed by atoms with E-state index in [-0.39, 0.29) is 63.2 Å². The van der Waals surface area contributed by atoms with Crippen molar-refractivity contribution in [3.05, 3.63) is 10.8 Å². The summed E-state index contributed by atoms with van der Waals surface area (Å²) in [5, 5.41) is 3.86. The molecule has 1 atom stereocenters. The molecule has 0 bridgehead atoms. The van der Waals surface area contributed by atoms with Crippen LogP contribution in [-0.4, -0.2) is 31.4 Å². The molecule has 0 saturated heterocycles. The van der Waals surface area contributed by atoms with Crippen LogP contribution in [0.3, 0.4) is 0 Å². The summed E-state index contributed by atoms with van der Waals surface area (Å²) in [4.78, 5) is 0. The van der Waals surface area contributed by atoms with E-state index in [1.165, 1.54) is 0 Å². The molecule has 1 aromatic heterocycles. The number of rotatable bonds is 7. The molecule has 1 aliphatic heterocycles. The molecule has 1 aromatic rings. The largest absolute Gasteiger partial charge is 1.00 e. The molecule has 5 nitrogen and oxygen atoms in total. The van der Waals surface area contributed by atoms with Crippen LogP contribution in [0.4, 0.5) is 0 Å². The van der Waals surface area contributed by atoms with Gasteiger partial charge in [-0.2, -0.15) is 0 Å². The second kappa shape index (κ2) is 9.09. The quantitative estimate of drug-likeness (QED) is 0.375. The maximum atomic E-state index is 10.4. The van der Waals surface area contributed by atoms with Gasteiger partial charge in [-0.1, -0.05) is 12.8 Å². The molecular formula is C12H17KO5S2. The molecule has 0 amide bonds. The molecule has 2 rings (SSSR count). The Kier molecular flexibility index (Phi) is 8.59. The van der Waals surface area contributed by atoms with Crippen LogP contribution in [0, 0.1) is 0 Å². The van der Waals surface area contributed by atoms with Crippen molar-refractivity contribution < 1.29 is 73.8 Å². The van der Waals surface area contributed by atoms with Gasteiger partial charge in [0.2, 0.25) is 0 Å². The monoisotopic (exact) mass is 344 g/mol. The van der Waals surface area contributed by atoms with E-state index in [9.17, 15) is 13.0 Å². The van der Waals surface area contributed by atoms with Crippen LogP contribution in [0.25, 0.3) is 0 Å². The minimum atomic E-state index is -4.05. The zero-order valence-corrected chi connectivity index (χ0v) is 16.3. The van der Waals surface area contributed by atoms with Crippen molar-refractivity contribution in [2.75, 3.05) is 12.4 Å². The predicted molar refractivity (Wildman–Crippen MR) is 71.9 cm³/mol. The second-order valence-electron chi connectivity index (χ2n) is 4.62. The van der Waals surface area contributed by atoms with Crippen molar-refractivity contribution in [2.24, 2.45) is 0 Å². The summed E-state index contributed by atoms with van der Waals surface area (Å²) in [5.74, 6) is 1.38. The second-order valence-corrected chi connectivity index (χ2v) is 6.88. The van der Waals surface area contributed by atoms with Crippen molar-refractivity contribution in [1.29, 1.82) is 0 Å². The molecule has 0 aromatic carbocycles.